The Balaban J connectivity index is 1.64. The Hall–Kier alpha value is -1.29. The molecule has 0 aliphatic heterocycles. The highest BCUT2D eigenvalue weighted by atomic mass is 35.5. The van der Waals surface area contributed by atoms with Crippen LogP contribution in [-0.2, 0) is 6.42 Å². The zero-order valence-corrected chi connectivity index (χ0v) is 17.3. The maximum atomic E-state index is 6.32. The monoisotopic (exact) mass is 406 g/mol. The first kappa shape index (κ1) is 19.5. The molecule has 26 heavy (non-hydrogen) atoms. The molecule has 0 atom stereocenters. The van der Waals surface area contributed by atoms with Crippen LogP contribution in [0.3, 0.4) is 0 Å². The van der Waals surface area contributed by atoms with Crippen molar-refractivity contribution in [2.75, 3.05) is 5.32 Å². The maximum absolute atomic E-state index is 6.32. The zero-order valence-electron chi connectivity index (χ0n) is 14.9. The van der Waals surface area contributed by atoms with Gasteiger partial charge in [-0.15, -0.1) is 0 Å². The van der Waals surface area contributed by atoms with Crippen molar-refractivity contribution in [1.29, 1.82) is 0 Å². The highest BCUT2D eigenvalue weighted by Gasteiger charge is 2.34. The molecular formula is C21H24Cl2N2S. The lowest BCUT2D eigenvalue weighted by Gasteiger charge is -2.32. The van der Waals surface area contributed by atoms with E-state index in [1.165, 1.54) is 18.4 Å². The van der Waals surface area contributed by atoms with E-state index in [1.807, 2.05) is 43.3 Å². The maximum Gasteiger partial charge on any atom is 0.171 e. The van der Waals surface area contributed by atoms with Gasteiger partial charge in [0.25, 0.3) is 0 Å². The molecule has 0 unspecified atom stereocenters. The number of hydrogen-bond acceptors (Lipinski definition) is 1. The van der Waals surface area contributed by atoms with Gasteiger partial charge in [-0.1, -0.05) is 60.3 Å². The molecule has 5 heteroatoms. The first-order chi connectivity index (χ1) is 12.5. The van der Waals surface area contributed by atoms with E-state index in [1.54, 1.807) is 0 Å². The van der Waals surface area contributed by atoms with Crippen molar-refractivity contribution in [2.45, 2.75) is 51.0 Å². The van der Waals surface area contributed by atoms with Crippen molar-refractivity contribution < 1.29 is 0 Å². The number of hydrogen-bond donors (Lipinski definition) is 2. The van der Waals surface area contributed by atoms with Crippen molar-refractivity contribution in [2.24, 2.45) is 0 Å². The summed E-state index contributed by atoms with van der Waals surface area (Å²) in [5.41, 5.74) is 3.21. The Morgan fingerprint density at radius 1 is 1.08 bits per heavy atom. The summed E-state index contributed by atoms with van der Waals surface area (Å²) in [5, 5.41) is 9.12. The summed E-state index contributed by atoms with van der Waals surface area (Å²) < 4.78 is 0. The van der Waals surface area contributed by atoms with Crippen LogP contribution in [0.1, 0.15) is 43.2 Å². The summed E-state index contributed by atoms with van der Waals surface area (Å²) in [5.74, 6) is 0. The van der Waals surface area contributed by atoms with Gasteiger partial charge in [0.1, 0.15) is 0 Å². The molecule has 0 bridgehead atoms. The third-order valence-corrected chi connectivity index (χ3v) is 6.18. The molecule has 0 amide bonds. The van der Waals surface area contributed by atoms with E-state index in [4.69, 9.17) is 35.4 Å². The Kier molecular flexibility index (Phi) is 6.44. The minimum Gasteiger partial charge on any atom is -0.357 e. The van der Waals surface area contributed by atoms with Gasteiger partial charge >= 0.3 is 0 Å². The number of anilines is 1. The molecule has 1 saturated carbocycles. The molecule has 1 aliphatic rings. The molecule has 1 fully saturated rings. The van der Waals surface area contributed by atoms with E-state index in [0.29, 0.717) is 5.11 Å². The topological polar surface area (TPSA) is 24.1 Å². The Morgan fingerprint density at radius 3 is 2.50 bits per heavy atom. The molecular weight excluding hydrogens is 383 g/mol. The smallest absolute Gasteiger partial charge is 0.171 e. The molecule has 2 aromatic carbocycles. The minimum atomic E-state index is 0.0394. The summed E-state index contributed by atoms with van der Waals surface area (Å²) >= 11 is 18.1. The molecule has 2 N–H and O–H groups in total. The molecule has 2 nitrogen and oxygen atoms in total. The Morgan fingerprint density at radius 2 is 1.81 bits per heavy atom. The van der Waals surface area contributed by atoms with Gasteiger partial charge in [-0.25, -0.2) is 0 Å². The summed E-state index contributed by atoms with van der Waals surface area (Å²) in [6.07, 6.45) is 6.70. The average Bonchev–Trinajstić information content (AvgIpc) is 3.06. The van der Waals surface area contributed by atoms with E-state index >= 15 is 0 Å². The van der Waals surface area contributed by atoms with E-state index in [2.05, 4.69) is 16.7 Å². The largest absolute Gasteiger partial charge is 0.357 e. The van der Waals surface area contributed by atoms with Crippen LogP contribution in [0.4, 0.5) is 5.69 Å². The fraction of sp³-hybridized carbons (Fsp3) is 0.381. The first-order valence-corrected chi connectivity index (χ1v) is 10.2. The second-order valence-electron chi connectivity index (χ2n) is 7.12. The summed E-state index contributed by atoms with van der Waals surface area (Å²) in [6.45, 7) is 1.99. The fourth-order valence-electron chi connectivity index (χ4n) is 3.64. The van der Waals surface area contributed by atoms with Crippen molar-refractivity contribution in [3.8, 4) is 0 Å². The molecule has 0 aromatic heterocycles. The van der Waals surface area contributed by atoms with Crippen LogP contribution in [0, 0.1) is 6.92 Å². The molecule has 0 spiro atoms. The van der Waals surface area contributed by atoms with Crippen LogP contribution in [0.5, 0.6) is 0 Å². The van der Waals surface area contributed by atoms with E-state index in [-0.39, 0.29) is 5.54 Å². The summed E-state index contributed by atoms with van der Waals surface area (Å²) in [4.78, 5) is 0. The second-order valence-corrected chi connectivity index (χ2v) is 8.34. The fourth-order valence-corrected chi connectivity index (χ4v) is 4.38. The number of thiocarbonyl (C=S) groups is 1. The van der Waals surface area contributed by atoms with Crippen LogP contribution in [0.15, 0.2) is 42.5 Å². The van der Waals surface area contributed by atoms with Crippen LogP contribution in [-0.4, -0.2) is 10.7 Å². The van der Waals surface area contributed by atoms with Crippen molar-refractivity contribution in [3.63, 3.8) is 0 Å². The number of nitrogens with one attached hydrogen (secondary N) is 2. The van der Waals surface area contributed by atoms with E-state index in [9.17, 15) is 0 Å². The summed E-state index contributed by atoms with van der Waals surface area (Å²) in [6, 6.07) is 14.0. The van der Waals surface area contributed by atoms with Crippen molar-refractivity contribution >= 4 is 46.2 Å². The van der Waals surface area contributed by atoms with E-state index < -0.39 is 0 Å². The van der Waals surface area contributed by atoms with Gasteiger partial charge < -0.3 is 10.6 Å². The van der Waals surface area contributed by atoms with Gasteiger partial charge in [-0.05, 0) is 74.2 Å². The highest BCUT2D eigenvalue weighted by Crippen LogP contribution is 2.34. The molecule has 0 saturated heterocycles. The second kappa shape index (κ2) is 8.60. The number of rotatable bonds is 5. The third kappa shape index (κ3) is 4.91. The summed E-state index contributed by atoms with van der Waals surface area (Å²) in [7, 11) is 0. The Bertz CT molecular complexity index is 785. The lowest BCUT2D eigenvalue weighted by Crippen LogP contribution is -2.48. The van der Waals surface area contributed by atoms with Gasteiger partial charge in [-0.3, -0.25) is 0 Å². The zero-order chi connectivity index (χ0) is 18.6. The lowest BCUT2D eigenvalue weighted by atomic mass is 9.89. The predicted molar refractivity (Wildman–Crippen MR) is 117 cm³/mol. The third-order valence-electron chi connectivity index (χ3n) is 5.20. The number of aryl methyl sites for hydroxylation is 2. The molecule has 138 valence electrons. The van der Waals surface area contributed by atoms with Gasteiger partial charge in [-0.2, -0.15) is 0 Å². The van der Waals surface area contributed by atoms with Gasteiger partial charge in [0.05, 0.1) is 0 Å². The molecule has 0 radical (unpaired) electrons. The minimum absolute atomic E-state index is 0.0394. The normalized spacial score (nSPS) is 15.7. The van der Waals surface area contributed by atoms with Crippen molar-refractivity contribution in [1.82, 2.24) is 5.32 Å². The van der Waals surface area contributed by atoms with Crippen LogP contribution in [0.25, 0.3) is 0 Å². The quantitative estimate of drug-likeness (QED) is 0.551. The number of benzene rings is 2. The molecule has 1 aliphatic carbocycles. The first-order valence-electron chi connectivity index (χ1n) is 9.06. The standard InChI is InChI=1S/C21H24Cl2N2S/c1-15-8-9-17(14-19(15)23)24-20(26)25-21(11-4-5-12-21)13-10-16-6-2-3-7-18(16)22/h2-3,6-9,14H,4-5,10-13H2,1H3,(H2,24,25,26). The lowest BCUT2D eigenvalue weighted by molar-refractivity contribution is 0.362. The van der Waals surface area contributed by atoms with Gasteiger partial charge in [0.15, 0.2) is 5.11 Å². The van der Waals surface area contributed by atoms with Crippen LogP contribution >= 0.6 is 35.4 Å². The average molecular weight is 407 g/mol. The number of halogens is 2. The Labute approximate surface area is 171 Å². The molecule has 0 heterocycles. The highest BCUT2D eigenvalue weighted by molar-refractivity contribution is 7.80. The van der Waals surface area contributed by atoms with E-state index in [0.717, 1.165) is 47.0 Å². The predicted octanol–water partition coefficient (Wildman–Crippen LogP) is 6.53. The van der Waals surface area contributed by atoms with Crippen LogP contribution in [0.2, 0.25) is 10.0 Å². The molecule has 2 aromatic rings. The van der Waals surface area contributed by atoms with Gasteiger partial charge in [0, 0.05) is 21.3 Å². The van der Waals surface area contributed by atoms with Gasteiger partial charge in [0.2, 0.25) is 0 Å². The van der Waals surface area contributed by atoms with Crippen LogP contribution < -0.4 is 10.6 Å². The molecule has 3 rings (SSSR count). The van der Waals surface area contributed by atoms with Crippen molar-refractivity contribution in [3.05, 3.63) is 63.6 Å². The SMILES string of the molecule is Cc1ccc(NC(=S)NC2(CCc3ccccc3Cl)CCCC2)cc1Cl.